The van der Waals surface area contributed by atoms with E-state index in [1.54, 1.807) is 6.20 Å². The number of aromatic nitrogens is 1. The Hall–Kier alpha value is -1.77. The summed E-state index contributed by atoms with van der Waals surface area (Å²) in [6.07, 6.45) is 3.50. The molecule has 2 N–H and O–H groups in total. The van der Waals surface area contributed by atoms with Gasteiger partial charge in [0, 0.05) is 6.42 Å². The largest absolute Gasteiger partial charge is 0.429 e. The van der Waals surface area contributed by atoms with Crippen LogP contribution >= 0.6 is 0 Å². The van der Waals surface area contributed by atoms with Crippen LogP contribution in [0.1, 0.15) is 22.5 Å². The highest BCUT2D eigenvalue weighted by atomic mass is 16.4. The van der Waals surface area contributed by atoms with Gasteiger partial charge in [-0.1, -0.05) is 23.8 Å². The molecule has 0 amide bonds. The number of hydrogen-bond donors (Lipinski definition) is 1. The highest BCUT2D eigenvalue weighted by Crippen LogP contribution is 2.14. The van der Waals surface area contributed by atoms with Crippen LogP contribution in [-0.2, 0) is 12.8 Å². The molecule has 0 fully saturated rings. The second-order valence-electron chi connectivity index (χ2n) is 4.09. The molecule has 0 aliphatic carbocycles. The van der Waals surface area contributed by atoms with E-state index in [-0.39, 0.29) is 6.01 Å². The first-order valence-corrected chi connectivity index (χ1v) is 5.41. The van der Waals surface area contributed by atoms with Gasteiger partial charge in [0.15, 0.2) is 0 Å². The van der Waals surface area contributed by atoms with Crippen LogP contribution < -0.4 is 5.73 Å². The third-order valence-electron chi connectivity index (χ3n) is 2.72. The number of benzene rings is 1. The van der Waals surface area contributed by atoms with Crippen LogP contribution in [0.25, 0.3) is 0 Å². The Kier molecular flexibility index (Phi) is 2.95. The van der Waals surface area contributed by atoms with E-state index in [2.05, 4.69) is 37.0 Å². The first-order valence-electron chi connectivity index (χ1n) is 5.41. The Balaban J connectivity index is 2.07. The molecule has 2 aromatic rings. The van der Waals surface area contributed by atoms with Crippen molar-refractivity contribution in [3.8, 4) is 0 Å². The highest BCUT2D eigenvalue weighted by molar-refractivity contribution is 5.31. The molecule has 0 spiro atoms. The Bertz CT molecular complexity index is 488. The Morgan fingerprint density at radius 2 is 2.06 bits per heavy atom. The molecule has 2 rings (SSSR count). The van der Waals surface area contributed by atoms with E-state index in [0.717, 1.165) is 18.6 Å². The van der Waals surface area contributed by atoms with E-state index in [4.69, 9.17) is 10.2 Å². The lowest BCUT2D eigenvalue weighted by Gasteiger charge is -2.05. The van der Waals surface area contributed by atoms with Gasteiger partial charge in [-0.2, -0.15) is 0 Å². The Morgan fingerprint density at radius 3 is 2.75 bits per heavy atom. The normalized spacial score (nSPS) is 10.6. The molecule has 0 bridgehead atoms. The quantitative estimate of drug-likeness (QED) is 0.858. The number of hydrogen-bond acceptors (Lipinski definition) is 3. The maximum atomic E-state index is 5.42. The summed E-state index contributed by atoms with van der Waals surface area (Å²) in [6.45, 7) is 4.24. The second-order valence-corrected chi connectivity index (χ2v) is 4.09. The topological polar surface area (TPSA) is 52.0 Å². The molecule has 0 aliphatic rings. The summed E-state index contributed by atoms with van der Waals surface area (Å²) in [5.74, 6) is 0.846. The Morgan fingerprint density at radius 1 is 1.25 bits per heavy atom. The van der Waals surface area contributed by atoms with Gasteiger partial charge in [-0.15, -0.1) is 0 Å². The van der Waals surface area contributed by atoms with Crippen LogP contribution in [0, 0.1) is 13.8 Å². The van der Waals surface area contributed by atoms with Gasteiger partial charge in [-0.3, -0.25) is 0 Å². The van der Waals surface area contributed by atoms with Crippen molar-refractivity contribution in [3.05, 3.63) is 46.8 Å². The molecule has 0 aliphatic heterocycles. The average Bonchev–Trinajstić information content (AvgIpc) is 2.66. The number of nitrogen functional groups attached to an aromatic ring is 1. The van der Waals surface area contributed by atoms with Crippen molar-refractivity contribution in [1.29, 1.82) is 0 Å². The second kappa shape index (κ2) is 4.39. The predicted molar refractivity (Wildman–Crippen MR) is 64.2 cm³/mol. The zero-order chi connectivity index (χ0) is 11.5. The summed E-state index contributed by atoms with van der Waals surface area (Å²) in [5, 5.41) is 0. The van der Waals surface area contributed by atoms with Gasteiger partial charge in [0.25, 0.3) is 6.01 Å². The first-order chi connectivity index (χ1) is 7.65. The van der Waals surface area contributed by atoms with Crippen molar-refractivity contribution >= 4 is 6.01 Å². The Labute approximate surface area is 95.3 Å². The zero-order valence-corrected chi connectivity index (χ0v) is 9.66. The monoisotopic (exact) mass is 216 g/mol. The van der Waals surface area contributed by atoms with Gasteiger partial charge in [0.1, 0.15) is 5.76 Å². The van der Waals surface area contributed by atoms with E-state index in [1.165, 1.54) is 16.7 Å². The standard InChI is InChI=1S/C13H16N2O/c1-9-3-4-10(2)11(7-9)5-6-12-8-15-13(14)16-12/h3-4,7-8H,5-6H2,1-2H3,(H2,14,15). The molecule has 0 radical (unpaired) electrons. The molecular formula is C13H16N2O. The molecule has 16 heavy (non-hydrogen) atoms. The van der Waals surface area contributed by atoms with Crippen LogP contribution in [0.2, 0.25) is 0 Å². The minimum Gasteiger partial charge on any atom is -0.429 e. The van der Waals surface area contributed by atoms with E-state index >= 15 is 0 Å². The fraction of sp³-hybridized carbons (Fsp3) is 0.308. The number of aryl methyl sites for hydroxylation is 4. The van der Waals surface area contributed by atoms with Gasteiger partial charge >= 0.3 is 0 Å². The lowest BCUT2D eigenvalue weighted by atomic mass is 10.0. The van der Waals surface area contributed by atoms with Crippen molar-refractivity contribution in [2.45, 2.75) is 26.7 Å². The molecule has 1 aromatic carbocycles. The highest BCUT2D eigenvalue weighted by Gasteiger charge is 2.03. The molecule has 0 atom stereocenters. The van der Waals surface area contributed by atoms with Crippen molar-refractivity contribution in [2.75, 3.05) is 5.73 Å². The zero-order valence-electron chi connectivity index (χ0n) is 9.66. The van der Waals surface area contributed by atoms with Crippen molar-refractivity contribution in [1.82, 2.24) is 4.98 Å². The predicted octanol–water partition coefficient (Wildman–Crippen LogP) is 2.66. The molecule has 1 aromatic heterocycles. The summed E-state index contributed by atoms with van der Waals surface area (Å²) in [6, 6.07) is 6.75. The van der Waals surface area contributed by atoms with Gasteiger partial charge in [0.05, 0.1) is 6.20 Å². The van der Waals surface area contributed by atoms with Crippen molar-refractivity contribution < 1.29 is 4.42 Å². The van der Waals surface area contributed by atoms with Crippen molar-refractivity contribution in [2.24, 2.45) is 0 Å². The number of rotatable bonds is 3. The maximum Gasteiger partial charge on any atom is 0.292 e. The van der Waals surface area contributed by atoms with Crippen LogP contribution in [-0.4, -0.2) is 4.98 Å². The molecular weight excluding hydrogens is 200 g/mol. The van der Waals surface area contributed by atoms with Crippen molar-refractivity contribution in [3.63, 3.8) is 0 Å². The molecule has 1 heterocycles. The third-order valence-corrected chi connectivity index (χ3v) is 2.72. The number of oxazole rings is 1. The van der Waals surface area contributed by atoms with Gasteiger partial charge in [0.2, 0.25) is 0 Å². The minimum absolute atomic E-state index is 0.246. The number of nitrogens with two attached hydrogens (primary N) is 1. The number of nitrogens with zero attached hydrogens (tertiary/aromatic N) is 1. The first kappa shape index (κ1) is 10.7. The molecule has 0 saturated heterocycles. The maximum absolute atomic E-state index is 5.42. The van der Waals surface area contributed by atoms with Crippen LogP contribution in [0.3, 0.4) is 0 Å². The SMILES string of the molecule is Cc1ccc(C)c(CCc2cnc(N)o2)c1. The molecule has 0 saturated carbocycles. The third kappa shape index (κ3) is 2.42. The van der Waals surface area contributed by atoms with Crippen LogP contribution in [0.4, 0.5) is 6.01 Å². The lowest BCUT2D eigenvalue weighted by molar-refractivity contribution is 0.521. The molecule has 84 valence electrons. The van der Waals surface area contributed by atoms with Gasteiger partial charge in [-0.05, 0) is 31.4 Å². The summed E-state index contributed by atoms with van der Waals surface area (Å²) in [4.78, 5) is 3.88. The fourth-order valence-electron chi connectivity index (χ4n) is 1.77. The minimum atomic E-state index is 0.246. The van der Waals surface area contributed by atoms with E-state index in [0.29, 0.717) is 0 Å². The smallest absolute Gasteiger partial charge is 0.292 e. The summed E-state index contributed by atoms with van der Waals surface area (Å²) >= 11 is 0. The molecule has 3 nitrogen and oxygen atoms in total. The van der Waals surface area contributed by atoms with E-state index < -0.39 is 0 Å². The van der Waals surface area contributed by atoms with Gasteiger partial charge < -0.3 is 10.2 Å². The van der Waals surface area contributed by atoms with E-state index in [9.17, 15) is 0 Å². The molecule has 0 unspecified atom stereocenters. The summed E-state index contributed by atoms with van der Waals surface area (Å²) in [5.41, 5.74) is 9.39. The van der Waals surface area contributed by atoms with Gasteiger partial charge in [-0.25, -0.2) is 4.98 Å². The summed E-state index contributed by atoms with van der Waals surface area (Å²) in [7, 11) is 0. The number of anilines is 1. The lowest BCUT2D eigenvalue weighted by Crippen LogP contribution is -1.94. The fourth-order valence-corrected chi connectivity index (χ4v) is 1.77. The van der Waals surface area contributed by atoms with Crippen LogP contribution in [0.15, 0.2) is 28.8 Å². The average molecular weight is 216 g/mol. The van der Waals surface area contributed by atoms with E-state index in [1.807, 2.05) is 0 Å². The molecule has 3 heteroatoms. The summed E-state index contributed by atoms with van der Waals surface area (Å²) < 4.78 is 5.24. The van der Waals surface area contributed by atoms with Crippen LogP contribution in [0.5, 0.6) is 0 Å².